The molecule has 1 aliphatic heterocycles. The molecule has 2 rings (SSSR count). The number of halogens is 1. The predicted molar refractivity (Wildman–Crippen MR) is 69.6 cm³/mol. The van der Waals surface area contributed by atoms with Crippen molar-refractivity contribution in [2.45, 2.75) is 13.3 Å². The number of benzene rings is 1. The summed E-state index contributed by atoms with van der Waals surface area (Å²) in [4.78, 5) is 14.2. The molecule has 1 aliphatic rings. The molecule has 0 saturated carbocycles. The zero-order valence-corrected chi connectivity index (χ0v) is 10.8. The molecule has 1 aromatic carbocycles. The number of nitrogens with one attached hydrogen (secondary N) is 1. The molecule has 0 spiro atoms. The lowest BCUT2D eigenvalue weighted by molar-refractivity contribution is 0.0766. The first kappa shape index (κ1) is 12.4. The van der Waals surface area contributed by atoms with Gasteiger partial charge in [-0.3, -0.25) is 4.79 Å². The highest BCUT2D eigenvalue weighted by Gasteiger charge is 2.17. The van der Waals surface area contributed by atoms with E-state index in [-0.39, 0.29) is 5.91 Å². The van der Waals surface area contributed by atoms with Crippen molar-refractivity contribution in [2.75, 3.05) is 26.2 Å². The van der Waals surface area contributed by atoms with Gasteiger partial charge in [-0.15, -0.1) is 0 Å². The van der Waals surface area contributed by atoms with Crippen molar-refractivity contribution in [2.24, 2.45) is 0 Å². The predicted octanol–water partition coefficient (Wildman–Crippen LogP) is 2.08. The number of rotatable bonds is 1. The molecule has 1 N–H and O–H groups in total. The Kier molecular flexibility index (Phi) is 4.02. The first-order chi connectivity index (χ1) is 8.16. The van der Waals surface area contributed by atoms with Gasteiger partial charge in [-0.1, -0.05) is 11.6 Å². The fourth-order valence-electron chi connectivity index (χ4n) is 2.09. The van der Waals surface area contributed by atoms with Gasteiger partial charge in [0.05, 0.1) is 0 Å². The molecule has 1 saturated heterocycles. The summed E-state index contributed by atoms with van der Waals surface area (Å²) < 4.78 is 0. The van der Waals surface area contributed by atoms with Crippen molar-refractivity contribution in [3.63, 3.8) is 0 Å². The maximum atomic E-state index is 12.3. The summed E-state index contributed by atoms with van der Waals surface area (Å²) in [6, 6.07) is 5.50. The first-order valence-corrected chi connectivity index (χ1v) is 6.32. The average molecular weight is 253 g/mol. The van der Waals surface area contributed by atoms with E-state index in [1.165, 1.54) is 0 Å². The van der Waals surface area contributed by atoms with Gasteiger partial charge in [0.15, 0.2) is 0 Å². The van der Waals surface area contributed by atoms with Crippen molar-refractivity contribution in [3.8, 4) is 0 Å². The Hall–Kier alpha value is -1.06. The minimum absolute atomic E-state index is 0.0827. The first-order valence-electron chi connectivity index (χ1n) is 5.94. The molecule has 1 aromatic rings. The second-order valence-corrected chi connectivity index (χ2v) is 4.85. The van der Waals surface area contributed by atoms with Crippen molar-refractivity contribution in [1.29, 1.82) is 0 Å². The molecule has 0 unspecified atom stereocenters. The molecular formula is C13H17ClN2O. The number of hydrogen-bond donors (Lipinski definition) is 1. The van der Waals surface area contributed by atoms with Gasteiger partial charge < -0.3 is 10.2 Å². The third-order valence-electron chi connectivity index (χ3n) is 2.92. The highest BCUT2D eigenvalue weighted by atomic mass is 35.5. The van der Waals surface area contributed by atoms with Gasteiger partial charge in [-0.2, -0.15) is 0 Å². The number of aryl methyl sites for hydroxylation is 1. The maximum absolute atomic E-state index is 12.3. The monoisotopic (exact) mass is 252 g/mol. The lowest BCUT2D eigenvalue weighted by Crippen LogP contribution is -2.34. The van der Waals surface area contributed by atoms with Crippen molar-refractivity contribution in [3.05, 3.63) is 34.3 Å². The molecule has 0 bridgehead atoms. The van der Waals surface area contributed by atoms with Crippen LogP contribution in [0.4, 0.5) is 0 Å². The van der Waals surface area contributed by atoms with Crippen LogP contribution in [-0.2, 0) is 0 Å². The van der Waals surface area contributed by atoms with E-state index in [4.69, 9.17) is 11.6 Å². The van der Waals surface area contributed by atoms with Crippen LogP contribution >= 0.6 is 11.6 Å². The molecule has 0 atom stereocenters. The molecule has 4 heteroatoms. The second-order valence-electron chi connectivity index (χ2n) is 4.41. The van der Waals surface area contributed by atoms with Crippen LogP contribution in [0.5, 0.6) is 0 Å². The highest BCUT2D eigenvalue weighted by Crippen LogP contribution is 2.16. The largest absolute Gasteiger partial charge is 0.337 e. The van der Waals surface area contributed by atoms with Crippen molar-refractivity contribution in [1.82, 2.24) is 10.2 Å². The highest BCUT2D eigenvalue weighted by molar-refractivity contribution is 6.31. The minimum Gasteiger partial charge on any atom is -0.337 e. The molecule has 0 aliphatic carbocycles. The van der Waals surface area contributed by atoms with E-state index in [0.717, 1.165) is 38.2 Å². The lowest BCUT2D eigenvalue weighted by Gasteiger charge is -2.20. The Morgan fingerprint density at radius 3 is 2.88 bits per heavy atom. The summed E-state index contributed by atoms with van der Waals surface area (Å²) >= 11 is 5.98. The van der Waals surface area contributed by atoms with Gasteiger partial charge in [0, 0.05) is 30.2 Å². The van der Waals surface area contributed by atoms with Crippen LogP contribution in [-0.4, -0.2) is 37.0 Å². The van der Waals surface area contributed by atoms with Crippen LogP contribution in [0, 0.1) is 6.92 Å². The standard InChI is InChI=1S/C13H17ClN2O/c1-10-7-11(9-12(14)8-10)13(17)16-5-2-3-15-4-6-16/h7-9,15H,2-6H2,1H3. The molecule has 0 aromatic heterocycles. The summed E-state index contributed by atoms with van der Waals surface area (Å²) in [6.07, 6.45) is 1.01. The van der Waals surface area contributed by atoms with Gasteiger partial charge in [-0.05, 0) is 43.7 Å². The van der Waals surface area contributed by atoms with Crippen LogP contribution in [0.3, 0.4) is 0 Å². The summed E-state index contributed by atoms with van der Waals surface area (Å²) in [6.45, 7) is 5.39. The Balaban J connectivity index is 2.17. The zero-order valence-electron chi connectivity index (χ0n) is 10.0. The Labute approximate surface area is 107 Å². The fraction of sp³-hybridized carbons (Fsp3) is 0.462. The van der Waals surface area contributed by atoms with Gasteiger partial charge in [-0.25, -0.2) is 0 Å². The van der Waals surface area contributed by atoms with E-state index in [9.17, 15) is 4.79 Å². The summed E-state index contributed by atoms with van der Waals surface area (Å²) in [5.41, 5.74) is 1.71. The smallest absolute Gasteiger partial charge is 0.253 e. The van der Waals surface area contributed by atoms with Crippen LogP contribution in [0.15, 0.2) is 18.2 Å². The topological polar surface area (TPSA) is 32.3 Å². The number of amides is 1. The quantitative estimate of drug-likeness (QED) is 0.830. The average Bonchev–Trinajstić information content (AvgIpc) is 2.55. The molecule has 0 radical (unpaired) electrons. The van der Waals surface area contributed by atoms with E-state index in [1.54, 1.807) is 6.07 Å². The van der Waals surface area contributed by atoms with Gasteiger partial charge in [0.1, 0.15) is 0 Å². The van der Waals surface area contributed by atoms with Gasteiger partial charge >= 0.3 is 0 Å². The molecule has 1 amide bonds. The van der Waals surface area contributed by atoms with Gasteiger partial charge in [0.25, 0.3) is 5.91 Å². The number of carbonyl (C=O) groups is 1. The van der Waals surface area contributed by atoms with Crippen LogP contribution < -0.4 is 5.32 Å². The number of hydrogen-bond acceptors (Lipinski definition) is 2. The van der Waals surface area contributed by atoms with Crippen molar-refractivity contribution < 1.29 is 4.79 Å². The second kappa shape index (κ2) is 5.52. The minimum atomic E-state index is 0.0827. The molecule has 17 heavy (non-hydrogen) atoms. The third kappa shape index (κ3) is 3.20. The Morgan fingerprint density at radius 1 is 1.29 bits per heavy atom. The zero-order chi connectivity index (χ0) is 12.3. The van der Waals surface area contributed by atoms with E-state index in [1.807, 2.05) is 24.0 Å². The molecule has 92 valence electrons. The molecule has 1 heterocycles. The van der Waals surface area contributed by atoms with Crippen LogP contribution in [0.25, 0.3) is 0 Å². The maximum Gasteiger partial charge on any atom is 0.253 e. The summed E-state index contributed by atoms with van der Waals surface area (Å²) in [7, 11) is 0. The Morgan fingerprint density at radius 2 is 2.12 bits per heavy atom. The van der Waals surface area contributed by atoms with E-state index >= 15 is 0 Å². The molecule has 3 nitrogen and oxygen atoms in total. The number of carbonyl (C=O) groups excluding carboxylic acids is 1. The fourth-order valence-corrected chi connectivity index (χ4v) is 2.38. The Bertz CT molecular complexity index is 392. The number of nitrogens with zero attached hydrogens (tertiary/aromatic N) is 1. The van der Waals surface area contributed by atoms with Crippen molar-refractivity contribution >= 4 is 17.5 Å². The normalized spacial score (nSPS) is 16.7. The molecule has 1 fully saturated rings. The third-order valence-corrected chi connectivity index (χ3v) is 3.13. The molecular weight excluding hydrogens is 236 g/mol. The van der Waals surface area contributed by atoms with E-state index < -0.39 is 0 Å². The van der Waals surface area contributed by atoms with Crippen LogP contribution in [0.1, 0.15) is 22.3 Å². The van der Waals surface area contributed by atoms with E-state index in [2.05, 4.69) is 5.32 Å². The van der Waals surface area contributed by atoms with Crippen LogP contribution in [0.2, 0.25) is 5.02 Å². The SMILES string of the molecule is Cc1cc(Cl)cc(C(=O)N2CCCNCC2)c1. The van der Waals surface area contributed by atoms with Gasteiger partial charge in [0.2, 0.25) is 0 Å². The lowest BCUT2D eigenvalue weighted by atomic mass is 10.1. The summed E-state index contributed by atoms with van der Waals surface area (Å²) in [5, 5.41) is 3.91. The van der Waals surface area contributed by atoms with E-state index in [0.29, 0.717) is 10.6 Å². The summed E-state index contributed by atoms with van der Waals surface area (Å²) in [5.74, 6) is 0.0827.